The van der Waals surface area contributed by atoms with Gasteiger partial charge in [-0.25, -0.2) is 0 Å². The number of benzene rings is 1. The first-order valence-corrected chi connectivity index (χ1v) is 6.94. The van der Waals surface area contributed by atoms with Gasteiger partial charge in [-0.1, -0.05) is 29.8 Å². The zero-order chi connectivity index (χ0) is 14.5. The van der Waals surface area contributed by atoms with Crippen molar-refractivity contribution < 1.29 is 14.6 Å². The number of carbonyl (C=O) groups is 1. The third kappa shape index (κ3) is 3.49. The number of aliphatic hydroxyl groups is 1. The van der Waals surface area contributed by atoms with Crippen LogP contribution in [0.2, 0.25) is 5.02 Å². The van der Waals surface area contributed by atoms with Crippen molar-refractivity contribution in [1.82, 2.24) is 10.2 Å². The zero-order valence-electron chi connectivity index (χ0n) is 11.4. The highest BCUT2D eigenvalue weighted by molar-refractivity contribution is 6.31. The Morgan fingerprint density at radius 1 is 1.55 bits per heavy atom. The second-order valence-electron chi connectivity index (χ2n) is 4.82. The zero-order valence-corrected chi connectivity index (χ0v) is 12.1. The van der Waals surface area contributed by atoms with Crippen LogP contribution in [0.3, 0.4) is 0 Å². The van der Waals surface area contributed by atoms with Gasteiger partial charge in [-0.3, -0.25) is 9.69 Å². The Balaban J connectivity index is 2.20. The summed E-state index contributed by atoms with van der Waals surface area (Å²) in [6, 6.07) is 6.82. The molecule has 0 radical (unpaired) electrons. The van der Waals surface area contributed by atoms with Crippen LogP contribution in [0, 0.1) is 0 Å². The van der Waals surface area contributed by atoms with Crippen LogP contribution >= 0.6 is 11.6 Å². The molecule has 0 bridgehead atoms. The number of nitrogens with zero attached hydrogens (tertiary/aromatic N) is 1. The number of methoxy groups -OCH3 is 1. The van der Waals surface area contributed by atoms with E-state index < -0.39 is 12.1 Å². The van der Waals surface area contributed by atoms with Crippen LogP contribution in [0.1, 0.15) is 11.6 Å². The van der Waals surface area contributed by atoms with E-state index in [1.54, 1.807) is 6.07 Å². The minimum absolute atomic E-state index is 0.0889. The van der Waals surface area contributed by atoms with E-state index in [-0.39, 0.29) is 12.5 Å². The molecule has 6 heteroatoms. The van der Waals surface area contributed by atoms with Crippen LogP contribution in [0.4, 0.5) is 0 Å². The number of nitrogens with one attached hydrogen (secondary N) is 1. The molecule has 0 aromatic heterocycles. The first kappa shape index (κ1) is 15.3. The minimum Gasteiger partial charge on any atom is -0.389 e. The molecule has 1 saturated heterocycles. The molecule has 1 amide bonds. The fourth-order valence-corrected chi connectivity index (χ4v) is 2.70. The van der Waals surface area contributed by atoms with Gasteiger partial charge >= 0.3 is 0 Å². The maximum Gasteiger partial charge on any atom is 0.242 e. The number of piperazine rings is 1. The van der Waals surface area contributed by atoms with Gasteiger partial charge in [-0.05, 0) is 11.6 Å². The first-order valence-electron chi connectivity index (χ1n) is 6.56. The standard InChI is InChI=1S/C14H19ClN2O3/c1-20-9-10(18)8-17-7-6-16-14(19)13(17)11-4-2-3-5-12(11)15/h2-5,10,13,18H,6-9H2,1H3,(H,16,19)/t10-,13?/m1/s1. The summed E-state index contributed by atoms with van der Waals surface area (Å²) in [4.78, 5) is 14.1. The number of ether oxygens (including phenoxy) is 1. The summed E-state index contributed by atoms with van der Waals surface area (Å²) >= 11 is 6.19. The van der Waals surface area contributed by atoms with Crippen LogP contribution in [0.5, 0.6) is 0 Å². The summed E-state index contributed by atoms with van der Waals surface area (Å²) < 4.78 is 4.93. The molecule has 20 heavy (non-hydrogen) atoms. The van der Waals surface area contributed by atoms with Crippen LogP contribution in [0.15, 0.2) is 24.3 Å². The molecule has 0 aliphatic carbocycles. The van der Waals surface area contributed by atoms with E-state index in [0.717, 1.165) is 5.56 Å². The van der Waals surface area contributed by atoms with Crippen LogP contribution in [-0.4, -0.2) is 55.4 Å². The Bertz CT molecular complexity index is 469. The normalized spacial score (nSPS) is 21.6. The van der Waals surface area contributed by atoms with Crippen molar-refractivity contribution in [3.8, 4) is 0 Å². The van der Waals surface area contributed by atoms with Gasteiger partial charge in [0.2, 0.25) is 5.91 Å². The van der Waals surface area contributed by atoms with Crippen LogP contribution < -0.4 is 5.32 Å². The van der Waals surface area contributed by atoms with Crippen molar-refractivity contribution in [1.29, 1.82) is 0 Å². The molecule has 110 valence electrons. The summed E-state index contributed by atoms with van der Waals surface area (Å²) in [7, 11) is 1.54. The Kier molecular flexibility index (Phi) is 5.37. The molecule has 1 aliphatic rings. The van der Waals surface area contributed by atoms with Gasteiger partial charge in [0.15, 0.2) is 0 Å². The SMILES string of the molecule is COC[C@H](O)CN1CCNC(=O)C1c1ccccc1Cl. The van der Waals surface area contributed by atoms with Gasteiger partial charge in [0, 0.05) is 31.8 Å². The summed E-state index contributed by atoms with van der Waals surface area (Å²) in [6.45, 7) is 1.85. The monoisotopic (exact) mass is 298 g/mol. The molecule has 1 fully saturated rings. The van der Waals surface area contributed by atoms with Gasteiger partial charge in [0.1, 0.15) is 6.04 Å². The Morgan fingerprint density at radius 3 is 3.00 bits per heavy atom. The molecule has 0 spiro atoms. The maximum absolute atomic E-state index is 12.2. The second kappa shape index (κ2) is 7.04. The summed E-state index contributed by atoms with van der Waals surface area (Å²) in [5, 5.41) is 13.3. The van der Waals surface area contributed by atoms with Crippen molar-refractivity contribution in [3.63, 3.8) is 0 Å². The lowest BCUT2D eigenvalue weighted by molar-refractivity contribution is -0.130. The first-order chi connectivity index (χ1) is 9.63. The number of carbonyl (C=O) groups excluding carboxylic acids is 1. The number of β-amino-alcohol motifs (C(OH)–C–C–N with tert-alkyl or cyclic N) is 1. The molecule has 1 heterocycles. The maximum atomic E-state index is 12.2. The topological polar surface area (TPSA) is 61.8 Å². The van der Waals surface area contributed by atoms with Gasteiger partial charge in [-0.15, -0.1) is 0 Å². The van der Waals surface area contributed by atoms with Gasteiger partial charge in [-0.2, -0.15) is 0 Å². The Hall–Kier alpha value is -1.14. The molecule has 1 aromatic carbocycles. The highest BCUT2D eigenvalue weighted by Gasteiger charge is 2.33. The van der Waals surface area contributed by atoms with E-state index >= 15 is 0 Å². The lowest BCUT2D eigenvalue weighted by Crippen LogP contribution is -2.52. The predicted molar refractivity (Wildman–Crippen MR) is 76.7 cm³/mol. The van der Waals surface area contributed by atoms with E-state index in [1.165, 1.54) is 7.11 Å². The Morgan fingerprint density at radius 2 is 2.30 bits per heavy atom. The number of rotatable bonds is 5. The molecule has 2 atom stereocenters. The number of hydrogen-bond acceptors (Lipinski definition) is 4. The quantitative estimate of drug-likeness (QED) is 0.845. The Labute approximate surface area is 123 Å². The third-order valence-corrected chi connectivity index (χ3v) is 3.66. The molecule has 2 rings (SSSR count). The summed E-state index contributed by atoms with van der Waals surface area (Å²) in [5.74, 6) is -0.0889. The molecule has 2 N–H and O–H groups in total. The molecular formula is C14H19ClN2O3. The van der Waals surface area contributed by atoms with Crippen LogP contribution in [-0.2, 0) is 9.53 Å². The van der Waals surface area contributed by atoms with E-state index in [0.29, 0.717) is 24.7 Å². The molecule has 1 aliphatic heterocycles. The number of hydrogen-bond donors (Lipinski definition) is 2. The van der Waals surface area contributed by atoms with E-state index in [4.69, 9.17) is 16.3 Å². The van der Waals surface area contributed by atoms with Gasteiger partial charge < -0.3 is 15.2 Å². The van der Waals surface area contributed by atoms with Crippen molar-refractivity contribution in [2.24, 2.45) is 0 Å². The van der Waals surface area contributed by atoms with Crippen LogP contribution in [0.25, 0.3) is 0 Å². The number of halogens is 1. The lowest BCUT2D eigenvalue weighted by atomic mass is 10.0. The lowest BCUT2D eigenvalue weighted by Gasteiger charge is -2.36. The number of aliphatic hydroxyl groups excluding tert-OH is 1. The highest BCUT2D eigenvalue weighted by Crippen LogP contribution is 2.29. The van der Waals surface area contributed by atoms with Crippen molar-refractivity contribution in [3.05, 3.63) is 34.9 Å². The van der Waals surface area contributed by atoms with Crippen molar-refractivity contribution in [2.75, 3.05) is 33.4 Å². The average molecular weight is 299 g/mol. The van der Waals surface area contributed by atoms with Crippen molar-refractivity contribution >= 4 is 17.5 Å². The second-order valence-corrected chi connectivity index (χ2v) is 5.23. The van der Waals surface area contributed by atoms with E-state index in [9.17, 15) is 9.90 Å². The smallest absolute Gasteiger partial charge is 0.242 e. The minimum atomic E-state index is -0.629. The third-order valence-electron chi connectivity index (χ3n) is 3.32. The summed E-state index contributed by atoms with van der Waals surface area (Å²) in [5.41, 5.74) is 0.760. The average Bonchev–Trinajstić information content (AvgIpc) is 2.41. The van der Waals surface area contributed by atoms with Gasteiger partial charge in [0.25, 0.3) is 0 Å². The molecular weight excluding hydrogens is 280 g/mol. The fourth-order valence-electron chi connectivity index (χ4n) is 2.46. The fraction of sp³-hybridized carbons (Fsp3) is 0.500. The van der Waals surface area contributed by atoms with Crippen molar-refractivity contribution in [2.45, 2.75) is 12.1 Å². The number of amides is 1. The van der Waals surface area contributed by atoms with E-state index in [1.807, 2.05) is 23.1 Å². The van der Waals surface area contributed by atoms with E-state index in [2.05, 4.69) is 5.32 Å². The van der Waals surface area contributed by atoms with Gasteiger partial charge in [0.05, 0.1) is 12.7 Å². The highest BCUT2D eigenvalue weighted by atomic mass is 35.5. The summed E-state index contributed by atoms with van der Waals surface area (Å²) in [6.07, 6.45) is -0.629. The molecule has 0 saturated carbocycles. The predicted octanol–water partition coefficient (Wildman–Crippen LogP) is 0.820. The molecule has 5 nitrogen and oxygen atoms in total. The molecule has 1 aromatic rings. The largest absolute Gasteiger partial charge is 0.389 e. The molecule has 1 unspecified atom stereocenters.